The maximum Gasteiger partial charge on any atom is 0.236 e. The molecule has 0 aliphatic carbocycles. The number of amides is 1. The van der Waals surface area contributed by atoms with Crippen LogP contribution in [0.2, 0.25) is 0 Å². The van der Waals surface area contributed by atoms with Crippen molar-refractivity contribution in [3.05, 3.63) is 30.1 Å². The molecule has 1 aliphatic heterocycles. The van der Waals surface area contributed by atoms with Crippen molar-refractivity contribution in [2.75, 3.05) is 19.6 Å². The standard InChI is InChI=1S/C14H21N3O/c1-12-3-2-8-17(11-12)14(18)10-16-9-13-4-6-15-7-5-13/h4-7,12,16H,2-3,8-11H2,1H3. The summed E-state index contributed by atoms with van der Waals surface area (Å²) in [6, 6.07) is 3.92. The van der Waals surface area contributed by atoms with Crippen LogP contribution in [0.5, 0.6) is 0 Å². The van der Waals surface area contributed by atoms with Crippen LogP contribution in [-0.4, -0.2) is 35.4 Å². The molecule has 4 nitrogen and oxygen atoms in total. The maximum absolute atomic E-state index is 12.0. The number of hydrogen-bond donors (Lipinski definition) is 1. The van der Waals surface area contributed by atoms with Crippen molar-refractivity contribution in [2.45, 2.75) is 26.3 Å². The molecule has 1 saturated heterocycles. The Hall–Kier alpha value is -1.42. The normalized spacial score (nSPS) is 19.8. The second kappa shape index (κ2) is 6.50. The molecule has 1 amide bonds. The fourth-order valence-corrected chi connectivity index (χ4v) is 2.34. The molecule has 1 unspecified atom stereocenters. The van der Waals surface area contributed by atoms with Crippen LogP contribution in [0.1, 0.15) is 25.3 Å². The lowest BCUT2D eigenvalue weighted by Gasteiger charge is -2.31. The largest absolute Gasteiger partial charge is 0.341 e. The minimum atomic E-state index is 0.218. The molecule has 18 heavy (non-hydrogen) atoms. The van der Waals surface area contributed by atoms with Gasteiger partial charge in [0.15, 0.2) is 0 Å². The topological polar surface area (TPSA) is 45.2 Å². The van der Waals surface area contributed by atoms with Crippen molar-refractivity contribution in [3.63, 3.8) is 0 Å². The summed E-state index contributed by atoms with van der Waals surface area (Å²) in [6.07, 6.45) is 5.92. The van der Waals surface area contributed by atoms with Crippen LogP contribution in [0.15, 0.2) is 24.5 Å². The van der Waals surface area contributed by atoms with E-state index in [0.717, 1.165) is 31.6 Å². The first-order chi connectivity index (χ1) is 8.75. The van der Waals surface area contributed by atoms with E-state index in [-0.39, 0.29) is 5.91 Å². The molecular weight excluding hydrogens is 226 g/mol. The SMILES string of the molecule is CC1CCCN(C(=O)CNCc2ccncc2)C1. The predicted octanol–water partition coefficient (Wildman–Crippen LogP) is 1.43. The highest BCUT2D eigenvalue weighted by Crippen LogP contribution is 2.15. The highest BCUT2D eigenvalue weighted by molar-refractivity contribution is 5.78. The number of nitrogens with one attached hydrogen (secondary N) is 1. The molecule has 0 radical (unpaired) electrons. The van der Waals surface area contributed by atoms with Crippen molar-refractivity contribution in [2.24, 2.45) is 5.92 Å². The molecule has 1 aromatic rings. The van der Waals surface area contributed by atoms with Gasteiger partial charge >= 0.3 is 0 Å². The summed E-state index contributed by atoms with van der Waals surface area (Å²) in [5, 5.41) is 3.19. The van der Waals surface area contributed by atoms with Gasteiger partial charge < -0.3 is 10.2 Å². The van der Waals surface area contributed by atoms with Gasteiger partial charge in [-0.1, -0.05) is 6.92 Å². The van der Waals surface area contributed by atoms with E-state index in [1.165, 1.54) is 6.42 Å². The van der Waals surface area contributed by atoms with Crippen molar-refractivity contribution in [3.8, 4) is 0 Å². The Morgan fingerprint density at radius 1 is 1.50 bits per heavy atom. The minimum absolute atomic E-state index is 0.218. The van der Waals surface area contributed by atoms with E-state index in [2.05, 4.69) is 17.2 Å². The van der Waals surface area contributed by atoms with E-state index in [1.54, 1.807) is 12.4 Å². The van der Waals surface area contributed by atoms with Crippen molar-refractivity contribution in [1.82, 2.24) is 15.2 Å². The molecule has 0 spiro atoms. The van der Waals surface area contributed by atoms with Crippen molar-refractivity contribution in [1.29, 1.82) is 0 Å². The van der Waals surface area contributed by atoms with Gasteiger partial charge in [-0.05, 0) is 36.5 Å². The van der Waals surface area contributed by atoms with Gasteiger partial charge in [0.25, 0.3) is 0 Å². The summed E-state index contributed by atoms with van der Waals surface area (Å²) in [7, 11) is 0. The van der Waals surface area contributed by atoms with Gasteiger partial charge in [0, 0.05) is 32.0 Å². The van der Waals surface area contributed by atoms with Gasteiger partial charge in [0.1, 0.15) is 0 Å². The van der Waals surface area contributed by atoms with Crippen LogP contribution in [0.4, 0.5) is 0 Å². The van der Waals surface area contributed by atoms with E-state index in [1.807, 2.05) is 17.0 Å². The number of nitrogens with zero attached hydrogens (tertiary/aromatic N) is 2. The Kier molecular flexibility index (Phi) is 4.70. The van der Waals surface area contributed by atoms with Gasteiger partial charge in [0.05, 0.1) is 6.54 Å². The predicted molar refractivity (Wildman–Crippen MR) is 70.9 cm³/mol. The van der Waals surface area contributed by atoms with E-state index < -0.39 is 0 Å². The molecule has 0 bridgehead atoms. The molecule has 98 valence electrons. The zero-order chi connectivity index (χ0) is 12.8. The van der Waals surface area contributed by atoms with Crippen LogP contribution < -0.4 is 5.32 Å². The third-order valence-corrected chi connectivity index (χ3v) is 3.36. The summed E-state index contributed by atoms with van der Waals surface area (Å²) in [5.74, 6) is 0.860. The number of pyridine rings is 1. The summed E-state index contributed by atoms with van der Waals surface area (Å²) in [5.41, 5.74) is 1.16. The van der Waals surface area contributed by atoms with Crippen LogP contribution in [0.3, 0.4) is 0 Å². The molecular formula is C14H21N3O. The van der Waals surface area contributed by atoms with E-state index in [9.17, 15) is 4.79 Å². The molecule has 1 aliphatic rings. The second-order valence-corrected chi connectivity index (χ2v) is 5.05. The van der Waals surface area contributed by atoms with Crippen molar-refractivity contribution < 1.29 is 4.79 Å². The Morgan fingerprint density at radius 3 is 3.00 bits per heavy atom. The van der Waals surface area contributed by atoms with Gasteiger partial charge in [-0.15, -0.1) is 0 Å². The number of rotatable bonds is 4. The number of likely N-dealkylation sites (tertiary alicyclic amines) is 1. The van der Waals surface area contributed by atoms with E-state index in [0.29, 0.717) is 12.5 Å². The summed E-state index contributed by atoms with van der Waals surface area (Å²) >= 11 is 0. The highest BCUT2D eigenvalue weighted by Gasteiger charge is 2.20. The van der Waals surface area contributed by atoms with Crippen LogP contribution in [-0.2, 0) is 11.3 Å². The zero-order valence-electron chi connectivity index (χ0n) is 10.9. The summed E-state index contributed by atoms with van der Waals surface area (Å²) in [6.45, 7) is 5.19. The molecule has 1 N–H and O–H groups in total. The first kappa shape index (κ1) is 13.0. The molecule has 2 rings (SSSR count). The number of carbonyl (C=O) groups is 1. The molecule has 1 fully saturated rings. The van der Waals surface area contributed by atoms with E-state index >= 15 is 0 Å². The summed E-state index contributed by atoms with van der Waals surface area (Å²) < 4.78 is 0. The Labute approximate surface area is 108 Å². The molecule has 4 heteroatoms. The fraction of sp³-hybridized carbons (Fsp3) is 0.571. The average Bonchev–Trinajstić information content (AvgIpc) is 2.40. The van der Waals surface area contributed by atoms with Crippen molar-refractivity contribution >= 4 is 5.91 Å². The minimum Gasteiger partial charge on any atom is -0.341 e. The smallest absolute Gasteiger partial charge is 0.236 e. The first-order valence-electron chi connectivity index (χ1n) is 6.63. The Bertz CT molecular complexity index is 380. The number of hydrogen-bond acceptors (Lipinski definition) is 3. The van der Waals surface area contributed by atoms with Gasteiger partial charge in [0.2, 0.25) is 5.91 Å². The fourth-order valence-electron chi connectivity index (χ4n) is 2.34. The Morgan fingerprint density at radius 2 is 2.28 bits per heavy atom. The maximum atomic E-state index is 12.0. The quantitative estimate of drug-likeness (QED) is 0.875. The number of carbonyl (C=O) groups excluding carboxylic acids is 1. The zero-order valence-corrected chi connectivity index (χ0v) is 10.9. The third-order valence-electron chi connectivity index (χ3n) is 3.36. The third kappa shape index (κ3) is 3.81. The van der Waals surface area contributed by atoms with E-state index in [4.69, 9.17) is 0 Å². The highest BCUT2D eigenvalue weighted by atomic mass is 16.2. The first-order valence-corrected chi connectivity index (χ1v) is 6.63. The molecule has 0 saturated carbocycles. The summed E-state index contributed by atoms with van der Waals surface area (Å²) in [4.78, 5) is 17.9. The lowest BCUT2D eigenvalue weighted by molar-refractivity contribution is -0.131. The second-order valence-electron chi connectivity index (χ2n) is 5.05. The van der Waals surface area contributed by atoms with Crippen LogP contribution >= 0.6 is 0 Å². The number of aromatic nitrogens is 1. The van der Waals surface area contributed by atoms with Gasteiger partial charge in [-0.2, -0.15) is 0 Å². The molecule has 1 atom stereocenters. The van der Waals surface area contributed by atoms with Crippen LogP contribution in [0.25, 0.3) is 0 Å². The van der Waals surface area contributed by atoms with Gasteiger partial charge in [-0.25, -0.2) is 0 Å². The monoisotopic (exact) mass is 247 g/mol. The number of piperidine rings is 1. The average molecular weight is 247 g/mol. The lowest BCUT2D eigenvalue weighted by Crippen LogP contribution is -2.43. The molecule has 2 heterocycles. The van der Waals surface area contributed by atoms with Gasteiger partial charge in [-0.3, -0.25) is 9.78 Å². The Balaban J connectivity index is 1.71. The molecule has 0 aromatic carbocycles. The lowest BCUT2D eigenvalue weighted by atomic mass is 10.0. The molecule has 1 aromatic heterocycles. The van der Waals surface area contributed by atoms with Crippen LogP contribution in [0, 0.1) is 5.92 Å².